The van der Waals surface area contributed by atoms with Gasteiger partial charge in [0.2, 0.25) is 0 Å². The monoisotopic (exact) mass is 420 g/mol. The van der Waals surface area contributed by atoms with Crippen molar-refractivity contribution in [2.45, 2.75) is 6.92 Å². The number of halogens is 2. The molecule has 3 N–H and O–H groups in total. The molecule has 2 aromatic carbocycles. The van der Waals surface area contributed by atoms with Crippen LogP contribution in [0.25, 0.3) is 0 Å². The van der Waals surface area contributed by atoms with Crippen molar-refractivity contribution < 1.29 is 9.59 Å². The van der Waals surface area contributed by atoms with Crippen molar-refractivity contribution >= 4 is 63.0 Å². The lowest BCUT2D eigenvalue weighted by atomic mass is 10.2. The highest BCUT2D eigenvalue weighted by Crippen LogP contribution is 2.25. The highest BCUT2D eigenvalue weighted by Gasteiger charge is 2.13. The molecule has 3 amide bonds. The Hall–Kier alpha value is -2.61. The molecule has 0 aliphatic heterocycles. The van der Waals surface area contributed by atoms with Gasteiger partial charge in [0.25, 0.3) is 5.91 Å². The van der Waals surface area contributed by atoms with Gasteiger partial charge in [-0.25, -0.2) is 9.78 Å². The molecule has 3 aromatic rings. The Morgan fingerprint density at radius 3 is 2.48 bits per heavy atom. The molecule has 0 aliphatic rings. The van der Waals surface area contributed by atoms with E-state index in [9.17, 15) is 9.59 Å². The van der Waals surface area contributed by atoms with Crippen LogP contribution in [0.4, 0.5) is 21.3 Å². The molecule has 3 rings (SSSR count). The number of hydrogen-bond acceptors (Lipinski definition) is 4. The average molecular weight is 421 g/mol. The Kier molecular flexibility index (Phi) is 5.95. The van der Waals surface area contributed by atoms with E-state index < -0.39 is 11.9 Å². The number of carbonyl (C=O) groups is 2. The van der Waals surface area contributed by atoms with E-state index in [-0.39, 0.29) is 5.69 Å². The molecule has 138 valence electrons. The molecule has 6 nitrogen and oxygen atoms in total. The summed E-state index contributed by atoms with van der Waals surface area (Å²) >= 11 is 12.9. The Morgan fingerprint density at radius 2 is 1.74 bits per heavy atom. The lowest BCUT2D eigenvalue weighted by Gasteiger charge is -2.06. The number of amides is 3. The second kappa shape index (κ2) is 8.39. The van der Waals surface area contributed by atoms with E-state index in [1.54, 1.807) is 29.6 Å². The fourth-order valence-corrected chi connectivity index (χ4v) is 3.17. The summed E-state index contributed by atoms with van der Waals surface area (Å²) in [6, 6.07) is 11.7. The van der Waals surface area contributed by atoms with E-state index in [4.69, 9.17) is 23.2 Å². The number of nitrogens with one attached hydrogen (secondary N) is 3. The topological polar surface area (TPSA) is 83.1 Å². The van der Waals surface area contributed by atoms with Gasteiger partial charge in [-0.05, 0) is 42.8 Å². The van der Waals surface area contributed by atoms with Crippen LogP contribution in [-0.2, 0) is 0 Å². The fraction of sp³-hybridized carbons (Fsp3) is 0.0556. The highest BCUT2D eigenvalue weighted by atomic mass is 35.5. The summed E-state index contributed by atoms with van der Waals surface area (Å²) in [5.74, 6) is -0.420. The zero-order valence-corrected chi connectivity index (χ0v) is 16.4. The molecule has 0 radical (unpaired) electrons. The van der Waals surface area contributed by atoms with Gasteiger partial charge >= 0.3 is 6.03 Å². The van der Waals surface area contributed by atoms with Crippen molar-refractivity contribution in [3.63, 3.8) is 0 Å². The number of benzene rings is 2. The third kappa shape index (κ3) is 5.19. The quantitative estimate of drug-likeness (QED) is 0.509. The Balaban J connectivity index is 1.61. The van der Waals surface area contributed by atoms with Crippen molar-refractivity contribution in [2.75, 3.05) is 16.0 Å². The molecule has 9 heteroatoms. The molecule has 0 fully saturated rings. The third-order valence-electron chi connectivity index (χ3n) is 3.41. The molecule has 0 bridgehead atoms. The lowest BCUT2D eigenvalue weighted by molar-refractivity contribution is 0.102. The zero-order chi connectivity index (χ0) is 19.4. The molecule has 0 aliphatic carbocycles. The van der Waals surface area contributed by atoms with Crippen LogP contribution >= 0.6 is 34.5 Å². The van der Waals surface area contributed by atoms with E-state index >= 15 is 0 Å². The highest BCUT2D eigenvalue weighted by molar-refractivity contribution is 7.14. The second-order valence-electron chi connectivity index (χ2n) is 5.57. The van der Waals surface area contributed by atoms with Gasteiger partial charge in [0, 0.05) is 16.8 Å². The smallest absolute Gasteiger partial charge is 0.321 e. The summed E-state index contributed by atoms with van der Waals surface area (Å²) in [5.41, 5.74) is 2.37. The first-order chi connectivity index (χ1) is 12.9. The van der Waals surface area contributed by atoms with Gasteiger partial charge in [0.15, 0.2) is 5.13 Å². The average Bonchev–Trinajstić information content (AvgIpc) is 3.06. The molecule has 0 unspecified atom stereocenters. The van der Waals surface area contributed by atoms with E-state index in [1.165, 1.54) is 0 Å². The number of anilines is 3. The predicted molar refractivity (Wildman–Crippen MR) is 110 cm³/mol. The first-order valence-corrected chi connectivity index (χ1v) is 9.41. The number of aromatic nitrogens is 1. The van der Waals surface area contributed by atoms with Crippen LogP contribution in [0.2, 0.25) is 10.0 Å². The Bertz CT molecular complexity index is 1010. The maximum Gasteiger partial charge on any atom is 0.325 e. The molecule has 27 heavy (non-hydrogen) atoms. The largest absolute Gasteiger partial charge is 0.325 e. The predicted octanol–water partition coefficient (Wildman–Crippen LogP) is 5.65. The molecule has 0 saturated heterocycles. The van der Waals surface area contributed by atoms with Crippen molar-refractivity contribution in [1.29, 1.82) is 0 Å². The molecular formula is C18H14Cl2N4O2S. The van der Waals surface area contributed by atoms with Crippen LogP contribution in [0, 0.1) is 6.92 Å². The number of thiazole rings is 1. The van der Waals surface area contributed by atoms with E-state index in [1.807, 2.05) is 25.1 Å². The fourth-order valence-electron chi connectivity index (χ4n) is 2.19. The summed E-state index contributed by atoms with van der Waals surface area (Å²) < 4.78 is 0. The number of carbonyl (C=O) groups excluding carboxylic acids is 2. The minimum Gasteiger partial charge on any atom is -0.321 e. The molecular weight excluding hydrogens is 407 g/mol. The standard InChI is InChI=1S/C18H14Cl2N4O2S/c1-10-3-2-4-11(7-10)22-17(26)24-18-23-15(9-27-18)16(25)21-12-5-6-13(19)14(20)8-12/h2-9H,1H3,(H,21,25)(H2,22,23,24,26). The third-order valence-corrected chi connectivity index (χ3v) is 4.91. The van der Waals surface area contributed by atoms with Crippen molar-refractivity contribution in [3.05, 3.63) is 69.1 Å². The summed E-state index contributed by atoms with van der Waals surface area (Å²) in [6.45, 7) is 1.93. The first-order valence-electron chi connectivity index (χ1n) is 7.77. The van der Waals surface area contributed by atoms with Crippen molar-refractivity contribution in [3.8, 4) is 0 Å². The normalized spacial score (nSPS) is 10.3. The lowest BCUT2D eigenvalue weighted by Crippen LogP contribution is -2.19. The molecule has 0 atom stereocenters. The van der Waals surface area contributed by atoms with Gasteiger partial charge in [0.05, 0.1) is 10.0 Å². The maximum absolute atomic E-state index is 12.3. The minimum atomic E-state index is -0.439. The van der Waals surface area contributed by atoms with E-state index in [0.29, 0.717) is 26.6 Å². The number of hydrogen-bond donors (Lipinski definition) is 3. The van der Waals surface area contributed by atoms with Crippen LogP contribution in [0.3, 0.4) is 0 Å². The summed E-state index contributed by atoms with van der Waals surface area (Å²) in [6.07, 6.45) is 0. The zero-order valence-electron chi connectivity index (χ0n) is 14.0. The summed E-state index contributed by atoms with van der Waals surface area (Å²) in [5, 5.41) is 10.6. The van der Waals surface area contributed by atoms with Crippen LogP contribution in [0.15, 0.2) is 47.8 Å². The van der Waals surface area contributed by atoms with E-state index in [0.717, 1.165) is 16.9 Å². The summed E-state index contributed by atoms with van der Waals surface area (Å²) in [4.78, 5) is 28.4. The minimum absolute atomic E-state index is 0.178. The van der Waals surface area contributed by atoms with Gasteiger partial charge in [-0.3, -0.25) is 10.1 Å². The number of aryl methyl sites for hydroxylation is 1. The van der Waals surface area contributed by atoms with E-state index in [2.05, 4.69) is 20.9 Å². The van der Waals surface area contributed by atoms with Crippen molar-refractivity contribution in [1.82, 2.24) is 4.98 Å². The summed E-state index contributed by atoms with van der Waals surface area (Å²) in [7, 11) is 0. The Morgan fingerprint density at radius 1 is 0.963 bits per heavy atom. The molecule has 1 aromatic heterocycles. The van der Waals surface area contributed by atoms with Crippen LogP contribution in [0.5, 0.6) is 0 Å². The number of urea groups is 1. The van der Waals surface area contributed by atoms with Crippen LogP contribution in [0.1, 0.15) is 16.1 Å². The molecule has 0 saturated carbocycles. The van der Waals surface area contributed by atoms with Gasteiger partial charge in [-0.15, -0.1) is 11.3 Å². The molecule has 0 spiro atoms. The molecule has 1 heterocycles. The van der Waals surface area contributed by atoms with Crippen LogP contribution in [-0.4, -0.2) is 16.9 Å². The van der Waals surface area contributed by atoms with Gasteiger partial charge < -0.3 is 10.6 Å². The number of rotatable bonds is 4. The SMILES string of the molecule is Cc1cccc(NC(=O)Nc2nc(C(=O)Nc3ccc(Cl)c(Cl)c3)cs2)c1. The Labute approximate surface area is 169 Å². The van der Waals surface area contributed by atoms with Gasteiger partial charge in [-0.2, -0.15) is 0 Å². The maximum atomic E-state index is 12.3. The van der Waals surface area contributed by atoms with Gasteiger partial charge in [-0.1, -0.05) is 35.3 Å². The number of nitrogens with zero attached hydrogens (tertiary/aromatic N) is 1. The first kappa shape index (κ1) is 19.2. The van der Waals surface area contributed by atoms with Crippen LogP contribution < -0.4 is 16.0 Å². The van der Waals surface area contributed by atoms with Gasteiger partial charge in [0.1, 0.15) is 5.69 Å². The van der Waals surface area contributed by atoms with Crippen molar-refractivity contribution in [2.24, 2.45) is 0 Å². The second-order valence-corrected chi connectivity index (χ2v) is 7.24.